The van der Waals surface area contributed by atoms with Gasteiger partial charge in [0.25, 0.3) is 0 Å². The molecule has 0 aliphatic carbocycles. The van der Waals surface area contributed by atoms with Gasteiger partial charge in [-0.2, -0.15) is 0 Å². The van der Waals surface area contributed by atoms with E-state index in [4.69, 9.17) is 16.3 Å². The second-order valence-corrected chi connectivity index (χ2v) is 5.64. The molecule has 0 spiro atoms. The number of nitrogens with one attached hydrogen (secondary N) is 1. The normalized spacial score (nSPS) is 12.4. The first-order valence-electron chi connectivity index (χ1n) is 6.33. The molecule has 1 heterocycles. The standard InChI is InChI=1S/C15H18ClNOS/c1-3-17-14(15-9-12(18-2)10-19-15)8-11-6-4-5-7-13(11)16/h4-7,9-10,14,17H,3,8H2,1-2H3. The number of likely N-dealkylation sites (N-methyl/N-ethyl adjacent to an activating group) is 1. The van der Waals surface area contributed by atoms with Crippen LogP contribution in [0.3, 0.4) is 0 Å². The molecule has 0 fully saturated rings. The zero-order valence-electron chi connectivity index (χ0n) is 11.2. The summed E-state index contributed by atoms with van der Waals surface area (Å²) in [6.07, 6.45) is 0.886. The van der Waals surface area contributed by atoms with Crippen LogP contribution in [0.4, 0.5) is 0 Å². The highest BCUT2D eigenvalue weighted by Crippen LogP contribution is 2.30. The molecule has 0 saturated heterocycles. The summed E-state index contributed by atoms with van der Waals surface area (Å²) in [6.45, 7) is 3.04. The third-order valence-corrected chi connectivity index (χ3v) is 4.40. The van der Waals surface area contributed by atoms with Gasteiger partial charge in [0, 0.05) is 21.3 Å². The molecule has 0 bridgehead atoms. The number of hydrogen-bond donors (Lipinski definition) is 1. The van der Waals surface area contributed by atoms with Gasteiger partial charge in [-0.25, -0.2) is 0 Å². The third kappa shape index (κ3) is 3.72. The molecule has 1 N–H and O–H groups in total. The van der Waals surface area contributed by atoms with Gasteiger partial charge in [-0.1, -0.05) is 36.7 Å². The number of benzene rings is 1. The average Bonchev–Trinajstić information content (AvgIpc) is 2.89. The fourth-order valence-electron chi connectivity index (χ4n) is 2.03. The van der Waals surface area contributed by atoms with Crippen LogP contribution in [0.15, 0.2) is 35.7 Å². The molecule has 2 rings (SSSR count). The highest BCUT2D eigenvalue weighted by molar-refractivity contribution is 7.10. The average molecular weight is 296 g/mol. The van der Waals surface area contributed by atoms with E-state index in [1.54, 1.807) is 18.4 Å². The van der Waals surface area contributed by atoms with E-state index in [1.165, 1.54) is 10.4 Å². The summed E-state index contributed by atoms with van der Waals surface area (Å²) in [5, 5.41) is 6.37. The van der Waals surface area contributed by atoms with E-state index in [0.29, 0.717) is 0 Å². The number of methoxy groups -OCH3 is 1. The fourth-order valence-corrected chi connectivity index (χ4v) is 3.17. The van der Waals surface area contributed by atoms with Crippen LogP contribution in [-0.4, -0.2) is 13.7 Å². The lowest BCUT2D eigenvalue weighted by Gasteiger charge is -2.17. The van der Waals surface area contributed by atoms with E-state index in [1.807, 2.05) is 23.6 Å². The van der Waals surface area contributed by atoms with Gasteiger partial charge in [0.1, 0.15) is 5.75 Å². The quantitative estimate of drug-likeness (QED) is 0.858. The van der Waals surface area contributed by atoms with Gasteiger partial charge in [0.15, 0.2) is 0 Å². The molecular weight excluding hydrogens is 278 g/mol. The smallest absolute Gasteiger partial charge is 0.129 e. The van der Waals surface area contributed by atoms with Gasteiger partial charge in [-0.05, 0) is 30.7 Å². The van der Waals surface area contributed by atoms with Gasteiger partial charge in [-0.3, -0.25) is 0 Å². The van der Waals surface area contributed by atoms with Crippen molar-refractivity contribution in [3.8, 4) is 5.75 Å². The molecule has 0 radical (unpaired) electrons. The van der Waals surface area contributed by atoms with E-state index in [-0.39, 0.29) is 6.04 Å². The monoisotopic (exact) mass is 295 g/mol. The molecule has 1 atom stereocenters. The Hall–Kier alpha value is -1.03. The second-order valence-electron chi connectivity index (χ2n) is 4.29. The van der Waals surface area contributed by atoms with Crippen molar-refractivity contribution in [3.63, 3.8) is 0 Å². The van der Waals surface area contributed by atoms with Crippen LogP contribution in [-0.2, 0) is 6.42 Å². The van der Waals surface area contributed by atoms with Gasteiger partial charge in [0.2, 0.25) is 0 Å². The first kappa shape index (κ1) is 14.4. The van der Waals surface area contributed by atoms with Crippen molar-refractivity contribution < 1.29 is 4.74 Å². The SMILES string of the molecule is CCNC(Cc1ccccc1Cl)c1cc(OC)cs1. The van der Waals surface area contributed by atoms with Gasteiger partial charge in [0.05, 0.1) is 7.11 Å². The van der Waals surface area contributed by atoms with Crippen molar-refractivity contribution in [1.82, 2.24) is 5.32 Å². The molecular formula is C15H18ClNOS. The summed E-state index contributed by atoms with van der Waals surface area (Å²) in [5.41, 5.74) is 1.17. The van der Waals surface area contributed by atoms with Crippen LogP contribution < -0.4 is 10.1 Å². The van der Waals surface area contributed by atoms with Crippen molar-refractivity contribution in [2.24, 2.45) is 0 Å². The maximum Gasteiger partial charge on any atom is 0.129 e. The van der Waals surface area contributed by atoms with Crippen molar-refractivity contribution in [2.45, 2.75) is 19.4 Å². The molecule has 0 saturated carbocycles. The van der Waals surface area contributed by atoms with Crippen molar-refractivity contribution in [3.05, 3.63) is 51.2 Å². The van der Waals surface area contributed by atoms with E-state index in [0.717, 1.165) is 23.7 Å². The van der Waals surface area contributed by atoms with Gasteiger partial charge in [-0.15, -0.1) is 11.3 Å². The molecule has 0 aliphatic heterocycles. The maximum absolute atomic E-state index is 6.24. The van der Waals surface area contributed by atoms with E-state index in [9.17, 15) is 0 Å². The Morgan fingerprint density at radius 1 is 1.37 bits per heavy atom. The van der Waals surface area contributed by atoms with E-state index in [2.05, 4.69) is 24.4 Å². The molecule has 1 unspecified atom stereocenters. The Morgan fingerprint density at radius 3 is 2.79 bits per heavy atom. The predicted octanol–water partition coefficient (Wildman–Crippen LogP) is 4.30. The molecule has 19 heavy (non-hydrogen) atoms. The fraction of sp³-hybridized carbons (Fsp3) is 0.333. The molecule has 2 aromatic rings. The van der Waals surface area contributed by atoms with Crippen LogP contribution in [0.2, 0.25) is 5.02 Å². The lowest BCUT2D eigenvalue weighted by atomic mass is 10.0. The van der Waals surface area contributed by atoms with Gasteiger partial charge < -0.3 is 10.1 Å². The minimum absolute atomic E-state index is 0.277. The summed E-state index contributed by atoms with van der Waals surface area (Å²) in [4.78, 5) is 1.28. The number of ether oxygens (including phenoxy) is 1. The topological polar surface area (TPSA) is 21.3 Å². The summed E-state index contributed by atoms with van der Waals surface area (Å²) < 4.78 is 5.25. The molecule has 1 aromatic carbocycles. The first-order chi connectivity index (χ1) is 9.24. The van der Waals surface area contributed by atoms with Crippen LogP contribution in [0.5, 0.6) is 5.75 Å². The minimum Gasteiger partial charge on any atom is -0.496 e. The van der Waals surface area contributed by atoms with Crippen LogP contribution in [0.25, 0.3) is 0 Å². The zero-order valence-corrected chi connectivity index (χ0v) is 12.7. The van der Waals surface area contributed by atoms with Crippen LogP contribution in [0.1, 0.15) is 23.4 Å². The second kappa shape index (κ2) is 6.94. The van der Waals surface area contributed by atoms with Crippen molar-refractivity contribution in [2.75, 3.05) is 13.7 Å². The summed E-state index contributed by atoms with van der Waals surface area (Å²) in [7, 11) is 1.70. The minimum atomic E-state index is 0.277. The summed E-state index contributed by atoms with van der Waals surface area (Å²) >= 11 is 7.96. The molecule has 0 aliphatic rings. The number of thiophene rings is 1. The molecule has 2 nitrogen and oxygen atoms in total. The van der Waals surface area contributed by atoms with Crippen molar-refractivity contribution >= 4 is 22.9 Å². The maximum atomic E-state index is 6.24. The lowest BCUT2D eigenvalue weighted by molar-refractivity contribution is 0.415. The molecule has 0 amide bonds. The predicted molar refractivity (Wildman–Crippen MR) is 82.4 cm³/mol. The third-order valence-electron chi connectivity index (χ3n) is 3.01. The Morgan fingerprint density at radius 2 is 2.16 bits per heavy atom. The van der Waals surface area contributed by atoms with Crippen LogP contribution in [0, 0.1) is 0 Å². The van der Waals surface area contributed by atoms with Crippen molar-refractivity contribution in [1.29, 1.82) is 0 Å². The van der Waals surface area contributed by atoms with Gasteiger partial charge >= 0.3 is 0 Å². The van der Waals surface area contributed by atoms with E-state index >= 15 is 0 Å². The summed E-state index contributed by atoms with van der Waals surface area (Å²) in [5.74, 6) is 0.919. The first-order valence-corrected chi connectivity index (χ1v) is 7.59. The zero-order chi connectivity index (χ0) is 13.7. The van der Waals surface area contributed by atoms with Crippen LogP contribution >= 0.6 is 22.9 Å². The highest BCUT2D eigenvalue weighted by atomic mass is 35.5. The molecule has 4 heteroatoms. The molecule has 1 aromatic heterocycles. The lowest BCUT2D eigenvalue weighted by Crippen LogP contribution is -2.22. The highest BCUT2D eigenvalue weighted by Gasteiger charge is 2.15. The number of rotatable bonds is 6. The number of halogens is 1. The number of hydrogen-bond acceptors (Lipinski definition) is 3. The largest absolute Gasteiger partial charge is 0.496 e. The Bertz CT molecular complexity index is 526. The Balaban J connectivity index is 2.18. The Kier molecular flexibility index (Phi) is 5.25. The summed E-state index contributed by atoms with van der Waals surface area (Å²) in [6, 6.07) is 10.4. The molecule has 102 valence electrons. The van der Waals surface area contributed by atoms with E-state index < -0.39 is 0 Å². The Labute approximate surface area is 123 Å².